The minimum absolute atomic E-state index is 0.110. The largest absolute Gasteiger partial charge is 0.490 e. The lowest BCUT2D eigenvalue weighted by Gasteiger charge is -2.33. The Kier molecular flexibility index (Phi) is 8.74. The standard InChI is InChI=1S/C25H38N4O4/c1-25(2,3)33-24(31)29-13-10-22(11-14-29)32-21-8-6-20(7-9-21)5-4-12-27-15-17-28(18-16-27)19-23(26)30/h4-9,22H,10-19H2,1-3H3,(H2,26,30)/b5-4+. The normalized spacial score (nSPS) is 19.1. The topological polar surface area (TPSA) is 88.3 Å². The van der Waals surface area contributed by atoms with Crippen LogP contribution in [0, 0.1) is 0 Å². The predicted octanol–water partition coefficient (Wildman–Crippen LogP) is 2.58. The highest BCUT2D eigenvalue weighted by Gasteiger charge is 2.27. The lowest BCUT2D eigenvalue weighted by molar-refractivity contribution is -0.119. The summed E-state index contributed by atoms with van der Waals surface area (Å²) in [6.45, 7) is 11.8. The van der Waals surface area contributed by atoms with Crippen LogP contribution in [-0.4, -0.2) is 90.8 Å². The summed E-state index contributed by atoms with van der Waals surface area (Å²) in [7, 11) is 0. The third-order valence-electron chi connectivity index (χ3n) is 5.79. The molecule has 8 nitrogen and oxygen atoms in total. The molecule has 1 aromatic carbocycles. The average Bonchev–Trinajstić information content (AvgIpc) is 2.75. The zero-order valence-corrected chi connectivity index (χ0v) is 20.2. The molecule has 0 bridgehead atoms. The number of hydrogen-bond donors (Lipinski definition) is 1. The summed E-state index contributed by atoms with van der Waals surface area (Å²) in [5.41, 5.74) is 5.93. The number of ether oxygens (including phenoxy) is 2. The average molecular weight is 459 g/mol. The number of benzene rings is 1. The molecule has 2 fully saturated rings. The van der Waals surface area contributed by atoms with E-state index < -0.39 is 5.60 Å². The van der Waals surface area contributed by atoms with Crippen LogP contribution in [0.15, 0.2) is 30.3 Å². The van der Waals surface area contributed by atoms with Crippen molar-refractivity contribution in [3.05, 3.63) is 35.9 Å². The molecule has 0 radical (unpaired) electrons. The second kappa shape index (κ2) is 11.5. The molecule has 2 aliphatic heterocycles. The van der Waals surface area contributed by atoms with Crippen molar-refractivity contribution in [2.75, 3.05) is 52.4 Å². The summed E-state index contributed by atoms with van der Waals surface area (Å²) in [5.74, 6) is 0.593. The summed E-state index contributed by atoms with van der Waals surface area (Å²) in [5, 5.41) is 0. The van der Waals surface area contributed by atoms with E-state index in [-0.39, 0.29) is 18.1 Å². The van der Waals surface area contributed by atoms with Gasteiger partial charge in [-0.2, -0.15) is 0 Å². The minimum Gasteiger partial charge on any atom is -0.490 e. The van der Waals surface area contributed by atoms with Crippen molar-refractivity contribution in [2.45, 2.75) is 45.3 Å². The predicted molar refractivity (Wildman–Crippen MR) is 129 cm³/mol. The summed E-state index contributed by atoms with van der Waals surface area (Å²) < 4.78 is 11.6. The molecule has 0 aliphatic carbocycles. The number of carbonyl (C=O) groups excluding carboxylic acids is 2. The highest BCUT2D eigenvalue weighted by molar-refractivity contribution is 5.75. The monoisotopic (exact) mass is 458 g/mol. The van der Waals surface area contributed by atoms with Crippen LogP contribution in [0.1, 0.15) is 39.2 Å². The first kappa shape index (κ1) is 25.1. The number of piperidine rings is 1. The fourth-order valence-electron chi connectivity index (χ4n) is 4.02. The van der Waals surface area contributed by atoms with Gasteiger partial charge in [0.15, 0.2) is 0 Å². The Labute approximate surface area is 197 Å². The number of amides is 2. The molecule has 0 aromatic heterocycles. The molecule has 0 spiro atoms. The molecule has 2 saturated heterocycles. The van der Waals surface area contributed by atoms with Gasteiger partial charge >= 0.3 is 6.09 Å². The Bertz CT molecular complexity index is 803. The number of hydrogen-bond acceptors (Lipinski definition) is 6. The molecule has 2 heterocycles. The van der Waals surface area contributed by atoms with E-state index in [1.54, 1.807) is 4.90 Å². The number of likely N-dealkylation sites (tertiary alicyclic amines) is 1. The molecule has 3 rings (SSSR count). The molecular weight excluding hydrogens is 420 g/mol. The van der Waals surface area contributed by atoms with E-state index in [0.29, 0.717) is 19.6 Å². The molecule has 8 heteroatoms. The van der Waals surface area contributed by atoms with Crippen molar-refractivity contribution in [3.63, 3.8) is 0 Å². The van der Waals surface area contributed by atoms with E-state index >= 15 is 0 Å². The van der Waals surface area contributed by atoms with Crippen molar-refractivity contribution in [2.24, 2.45) is 5.73 Å². The van der Waals surface area contributed by atoms with E-state index in [2.05, 4.69) is 34.1 Å². The fraction of sp³-hybridized carbons (Fsp3) is 0.600. The van der Waals surface area contributed by atoms with Crippen LogP contribution >= 0.6 is 0 Å². The Hall–Kier alpha value is -2.58. The molecule has 0 atom stereocenters. The smallest absolute Gasteiger partial charge is 0.410 e. The van der Waals surface area contributed by atoms with E-state index in [1.165, 1.54) is 0 Å². The molecule has 2 N–H and O–H groups in total. The Morgan fingerprint density at radius 3 is 2.18 bits per heavy atom. The highest BCUT2D eigenvalue weighted by atomic mass is 16.6. The van der Waals surface area contributed by atoms with E-state index in [4.69, 9.17) is 15.2 Å². The van der Waals surface area contributed by atoms with Gasteiger partial charge in [-0.15, -0.1) is 0 Å². The van der Waals surface area contributed by atoms with Crippen LogP contribution in [0.2, 0.25) is 0 Å². The van der Waals surface area contributed by atoms with Gasteiger partial charge in [-0.05, 0) is 38.5 Å². The Morgan fingerprint density at radius 2 is 1.61 bits per heavy atom. The number of nitrogens with two attached hydrogens (primary N) is 1. The summed E-state index contributed by atoms with van der Waals surface area (Å²) >= 11 is 0. The third kappa shape index (κ3) is 8.70. The fourth-order valence-corrected chi connectivity index (χ4v) is 4.02. The molecule has 2 aliphatic rings. The number of carbonyl (C=O) groups is 2. The zero-order valence-electron chi connectivity index (χ0n) is 20.2. The highest BCUT2D eigenvalue weighted by Crippen LogP contribution is 2.21. The first-order valence-corrected chi connectivity index (χ1v) is 11.8. The van der Waals surface area contributed by atoms with Crippen LogP contribution in [0.25, 0.3) is 6.08 Å². The molecule has 0 unspecified atom stereocenters. The van der Waals surface area contributed by atoms with Crippen molar-refractivity contribution in [1.82, 2.24) is 14.7 Å². The number of piperazine rings is 1. The van der Waals surface area contributed by atoms with E-state index in [9.17, 15) is 9.59 Å². The number of nitrogens with zero attached hydrogens (tertiary/aromatic N) is 3. The first-order valence-electron chi connectivity index (χ1n) is 11.8. The second-order valence-electron chi connectivity index (χ2n) is 9.80. The van der Waals surface area contributed by atoms with Crippen LogP contribution in [0.3, 0.4) is 0 Å². The number of primary amides is 1. The molecule has 1 aromatic rings. The van der Waals surface area contributed by atoms with Gasteiger partial charge in [0, 0.05) is 58.7 Å². The van der Waals surface area contributed by atoms with Gasteiger partial charge in [-0.25, -0.2) is 4.79 Å². The first-order chi connectivity index (χ1) is 15.7. The lowest BCUT2D eigenvalue weighted by Crippen LogP contribution is -2.48. The van der Waals surface area contributed by atoms with E-state index in [0.717, 1.165) is 56.9 Å². The Morgan fingerprint density at radius 1 is 1.00 bits per heavy atom. The number of rotatable bonds is 7. The van der Waals surface area contributed by atoms with Gasteiger partial charge in [0.25, 0.3) is 0 Å². The van der Waals surface area contributed by atoms with Gasteiger partial charge in [0.2, 0.25) is 5.91 Å². The molecule has 33 heavy (non-hydrogen) atoms. The second-order valence-corrected chi connectivity index (χ2v) is 9.80. The van der Waals surface area contributed by atoms with Gasteiger partial charge in [-0.3, -0.25) is 14.6 Å². The Balaban J connectivity index is 1.37. The van der Waals surface area contributed by atoms with Gasteiger partial charge in [-0.1, -0.05) is 24.3 Å². The quantitative estimate of drug-likeness (QED) is 0.676. The summed E-state index contributed by atoms with van der Waals surface area (Å²) in [6.07, 6.45) is 5.76. The minimum atomic E-state index is -0.471. The molecular formula is C25H38N4O4. The third-order valence-corrected chi connectivity index (χ3v) is 5.79. The van der Waals surface area contributed by atoms with E-state index in [1.807, 2.05) is 32.9 Å². The maximum absolute atomic E-state index is 12.2. The van der Waals surface area contributed by atoms with Crippen LogP contribution < -0.4 is 10.5 Å². The van der Waals surface area contributed by atoms with Gasteiger partial charge < -0.3 is 20.1 Å². The SMILES string of the molecule is CC(C)(C)OC(=O)N1CCC(Oc2ccc(/C=C/CN3CCN(CC(N)=O)CC3)cc2)CC1. The van der Waals surface area contributed by atoms with Crippen molar-refractivity contribution >= 4 is 18.1 Å². The molecule has 0 saturated carbocycles. The zero-order chi connectivity index (χ0) is 23.8. The van der Waals surface area contributed by atoms with Crippen LogP contribution in [0.5, 0.6) is 5.75 Å². The maximum Gasteiger partial charge on any atom is 0.410 e. The van der Waals surface area contributed by atoms with Crippen LogP contribution in [-0.2, 0) is 9.53 Å². The van der Waals surface area contributed by atoms with Crippen molar-refractivity contribution in [1.29, 1.82) is 0 Å². The van der Waals surface area contributed by atoms with Gasteiger partial charge in [0.1, 0.15) is 17.5 Å². The molecule has 182 valence electrons. The van der Waals surface area contributed by atoms with Gasteiger partial charge in [0.05, 0.1) is 6.54 Å². The van der Waals surface area contributed by atoms with Crippen molar-refractivity contribution in [3.8, 4) is 5.75 Å². The van der Waals surface area contributed by atoms with Crippen molar-refractivity contribution < 1.29 is 19.1 Å². The van der Waals surface area contributed by atoms with Crippen LogP contribution in [0.4, 0.5) is 4.79 Å². The molecule has 2 amide bonds. The lowest BCUT2D eigenvalue weighted by atomic mass is 10.1. The summed E-state index contributed by atoms with van der Waals surface area (Å²) in [4.78, 5) is 29.4. The summed E-state index contributed by atoms with van der Waals surface area (Å²) in [6, 6.07) is 8.13. The maximum atomic E-state index is 12.2.